The van der Waals surface area contributed by atoms with E-state index in [1.165, 1.54) is 11.3 Å². The molecule has 0 amide bonds. The maximum Gasteiger partial charge on any atom is 0.161 e. The third-order valence-corrected chi connectivity index (χ3v) is 2.96. The van der Waals surface area contributed by atoms with E-state index in [-0.39, 0.29) is 0 Å². The largest absolute Gasteiger partial charge is 0.390 e. The van der Waals surface area contributed by atoms with Gasteiger partial charge in [0, 0.05) is 13.5 Å². The van der Waals surface area contributed by atoms with Crippen LogP contribution >= 0.6 is 11.3 Å². The van der Waals surface area contributed by atoms with Crippen LogP contribution in [-0.4, -0.2) is 14.8 Å². The minimum absolute atomic E-state index is 0.800. The van der Waals surface area contributed by atoms with E-state index in [0.717, 1.165) is 35.1 Å². The number of anilines is 1. The van der Waals surface area contributed by atoms with Crippen molar-refractivity contribution in [2.75, 3.05) is 5.73 Å². The molecule has 2 aromatic heterocycles. The molecule has 0 saturated heterocycles. The summed E-state index contributed by atoms with van der Waals surface area (Å²) < 4.78 is 1.80. The van der Waals surface area contributed by atoms with Gasteiger partial charge in [0.25, 0.3) is 0 Å². The van der Waals surface area contributed by atoms with Crippen LogP contribution in [0.2, 0.25) is 0 Å². The predicted molar refractivity (Wildman–Crippen MR) is 62.7 cm³/mol. The van der Waals surface area contributed by atoms with Crippen LogP contribution in [0, 0.1) is 0 Å². The molecule has 2 aromatic rings. The molecule has 2 N–H and O–H groups in total. The summed E-state index contributed by atoms with van der Waals surface area (Å²) >= 11 is 1.53. The van der Waals surface area contributed by atoms with Gasteiger partial charge in [-0.05, 0) is 17.9 Å². The first-order chi connectivity index (χ1) is 7.22. The van der Waals surface area contributed by atoms with Crippen molar-refractivity contribution in [2.24, 2.45) is 7.05 Å². The SMILES string of the molecule is CCCc1nc(-c2ccsc2N)n(C)n1. The molecule has 0 bridgehead atoms. The molecule has 4 nitrogen and oxygen atoms in total. The number of nitrogens with zero attached hydrogens (tertiary/aromatic N) is 3. The molecule has 0 aliphatic heterocycles. The summed E-state index contributed by atoms with van der Waals surface area (Å²) in [4.78, 5) is 4.48. The predicted octanol–water partition coefficient (Wildman–Crippen LogP) is 2.08. The van der Waals surface area contributed by atoms with Crippen LogP contribution in [0.4, 0.5) is 5.00 Å². The summed E-state index contributed by atoms with van der Waals surface area (Å²) in [6.07, 6.45) is 1.97. The minimum atomic E-state index is 0.800. The highest BCUT2D eigenvalue weighted by molar-refractivity contribution is 7.14. The Bertz CT molecular complexity index is 458. The van der Waals surface area contributed by atoms with E-state index in [1.807, 2.05) is 18.5 Å². The fourth-order valence-corrected chi connectivity index (χ4v) is 2.14. The molecule has 0 radical (unpaired) electrons. The first kappa shape index (κ1) is 10.2. The van der Waals surface area contributed by atoms with Gasteiger partial charge in [-0.25, -0.2) is 9.67 Å². The quantitative estimate of drug-likeness (QED) is 0.865. The normalized spacial score (nSPS) is 10.8. The van der Waals surface area contributed by atoms with Crippen molar-refractivity contribution < 1.29 is 0 Å². The van der Waals surface area contributed by atoms with Crippen LogP contribution < -0.4 is 5.73 Å². The summed E-state index contributed by atoms with van der Waals surface area (Å²) in [5.74, 6) is 1.75. The standard InChI is InChI=1S/C10H14N4S/c1-3-4-8-12-10(14(2)13-8)7-5-6-15-9(7)11/h5-6H,3-4,11H2,1-2H3. The molecule has 0 aromatic carbocycles. The van der Waals surface area contributed by atoms with Crippen molar-refractivity contribution >= 4 is 16.3 Å². The number of thiophene rings is 1. The second-order valence-electron chi connectivity index (χ2n) is 3.42. The van der Waals surface area contributed by atoms with E-state index >= 15 is 0 Å². The van der Waals surface area contributed by atoms with Crippen LogP contribution in [0.25, 0.3) is 11.4 Å². The molecule has 0 fully saturated rings. The number of hydrogen-bond donors (Lipinski definition) is 1. The summed E-state index contributed by atoms with van der Waals surface area (Å²) in [5.41, 5.74) is 6.85. The lowest BCUT2D eigenvalue weighted by Gasteiger charge is -1.96. The lowest BCUT2D eigenvalue weighted by Crippen LogP contribution is -1.95. The van der Waals surface area contributed by atoms with Crippen LogP contribution in [-0.2, 0) is 13.5 Å². The van der Waals surface area contributed by atoms with Crippen molar-refractivity contribution in [1.29, 1.82) is 0 Å². The topological polar surface area (TPSA) is 56.7 Å². The molecule has 2 rings (SSSR count). The van der Waals surface area contributed by atoms with Crippen molar-refractivity contribution in [3.05, 3.63) is 17.3 Å². The summed E-state index contributed by atoms with van der Waals surface area (Å²) in [6, 6.07) is 1.99. The van der Waals surface area contributed by atoms with Gasteiger partial charge in [-0.2, -0.15) is 5.10 Å². The zero-order valence-corrected chi connectivity index (χ0v) is 9.71. The number of nitrogen functional groups attached to an aromatic ring is 1. The molecule has 15 heavy (non-hydrogen) atoms. The highest BCUT2D eigenvalue weighted by Gasteiger charge is 2.12. The molecule has 2 heterocycles. The molecule has 0 atom stereocenters. The van der Waals surface area contributed by atoms with E-state index < -0.39 is 0 Å². The van der Waals surface area contributed by atoms with Crippen molar-refractivity contribution in [2.45, 2.75) is 19.8 Å². The maximum atomic E-state index is 5.86. The van der Waals surface area contributed by atoms with E-state index in [4.69, 9.17) is 5.73 Å². The number of hydrogen-bond acceptors (Lipinski definition) is 4. The Hall–Kier alpha value is -1.36. The van der Waals surface area contributed by atoms with Crippen LogP contribution in [0.5, 0.6) is 0 Å². The first-order valence-electron chi connectivity index (χ1n) is 4.95. The second-order valence-corrected chi connectivity index (χ2v) is 4.37. The van der Waals surface area contributed by atoms with Gasteiger partial charge in [0.05, 0.1) is 10.6 Å². The third-order valence-electron chi connectivity index (χ3n) is 2.22. The van der Waals surface area contributed by atoms with Crippen LogP contribution in [0.3, 0.4) is 0 Å². The van der Waals surface area contributed by atoms with Gasteiger partial charge in [0.2, 0.25) is 0 Å². The number of aryl methyl sites for hydroxylation is 2. The fraction of sp³-hybridized carbons (Fsp3) is 0.400. The highest BCUT2D eigenvalue weighted by Crippen LogP contribution is 2.28. The van der Waals surface area contributed by atoms with Crippen LogP contribution in [0.1, 0.15) is 19.2 Å². The van der Waals surface area contributed by atoms with E-state index in [2.05, 4.69) is 17.0 Å². The average molecular weight is 222 g/mol. The third kappa shape index (κ3) is 1.87. The Labute approximate surface area is 92.8 Å². The van der Waals surface area contributed by atoms with Gasteiger partial charge >= 0.3 is 0 Å². The fourth-order valence-electron chi connectivity index (χ4n) is 1.51. The lowest BCUT2D eigenvalue weighted by molar-refractivity contribution is 0.738. The Morgan fingerprint density at radius 3 is 2.93 bits per heavy atom. The van der Waals surface area contributed by atoms with Gasteiger partial charge < -0.3 is 5.73 Å². The smallest absolute Gasteiger partial charge is 0.161 e. The van der Waals surface area contributed by atoms with Gasteiger partial charge in [-0.3, -0.25) is 0 Å². The lowest BCUT2D eigenvalue weighted by atomic mass is 10.3. The maximum absolute atomic E-state index is 5.86. The van der Waals surface area contributed by atoms with E-state index in [0.29, 0.717) is 0 Å². The summed E-state index contributed by atoms with van der Waals surface area (Å²) in [7, 11) is 1.90. The second kappa shape index (κ2) is 4.02. The Morgan fingerprint density at radius 1 is 1.53 bits per heavy atom. The van der Waals surface area contributed by atoms with E-state index in [1.54, 1.807) is 4.68 Å². The van der Waals surface area contributed by atoms with Gasteiger partial charge in [0.1, 0.15) is 0 Å². The first-order valence-corrected chi connectivity index (χ1v) is 5.83. The molecular weight excluding hydrogens is 208 g/mol. The van der Waals surface area contributed by atoms with Crippen molar-refractivity contribution in [3.8, 4) is 11.4 Å². The van der Waals surface area contributed by atoms with Crippen molar-refractivity contribution in [1.82, 2.24) is 14.8 Å². The Morgan fingerprint density at radius 2 is 2.33 bits per heavy atom. The van der Waals surface area contributed by atoms with E-state index in [9.17, 15) is 0 Å². The average Bonchev–Trinajstić information content (AvgIpc) is 2.73. The number of rotatable bonds is 3. The molecule has 0 aliphatic rings. The molecule has 5 heteroatoms. The molecule has 0 aliphatic carbocycles. The van der Waals surface area contributed by atoms with Crippen LogP contribution in [0.15, 0.2) is 11.4 Å². The highest BCUT2D eigenvalue weighted by atomic mass is 32.1. The monoisotopic (exact) mass is 222 g/mol. The molecule has 0 unspecified atom stereocenters. The minimum Gasteiger partial charge on any atom is -0.390 e. The Balaban J connectivity index is 2.40. The molecule has 80 valence electrons. The molecular formula is C10H14N4S. The summed E-state index contributed by atoms with van der Waals surface area (Å²) in [6.45, 7) is 2.12. The molecule has 0 saturated carbocycles. The van der Waals surface area contributed by atoms with Gasteiger partial charge in [0.15, 0.2) is 11.6 Å². The van der Waals surface area contributed by atoms with Crippen molar-refractivity contribution in [3.63, 3.8) is 0 Å². The Kier molecular flexibility index (Phi) is 2.73. The zero-order valence-electron chi connectivity index (χ0n) is 8.90. The summed E-state index contributed by atoms with van der Waals surface area (Å²) in [5, 5.41) is 7.12. The number of nitrogens with two attached hydrogens (primary N) is 1. The molecule has 0 spiro atoms. The van der Waals surface area contributed by atoms with Gasteiger partial charge in [-0.15, -0.1) is 11.3 Å². The zero-order chi connectivity index (χ0) is 10.8. The number of aromatic nitrogens is 3. The van der Waals surface area contributed by atoms with Gasteiger partial charge in [-0.1, -0.05) is 6.92 Å².